The number of hydrogen-bond donors (Lipinski definition) is 0. The van der Waals surface area contributed by atoms with Gasteiger partial charge in [-0.25, -0.2) is 0 Å². The second-order valence-corrected chi connectivity index (χ2v) is 3.53. The fourth-order valence-corrected chi connectivity index (χ4v) is 0.771. The molecule has 1 rings (SSSR count). The summed E-state index contributed by atoms with van der Waals surface area (Å²) < 4.78 is 22.2. The van der Waals surface area contributed by atoms with Gasteiger partial charge in [-0.05, 0) is 27.7 Å². The third kappa shape index (κ3) is 1.06. The van der Waals surface area contributed by atoms with Crippen LogP contribution in [0.25, 0.3) is 0 Å². The highest BCUT2D eigenvalue weighted by Gasteiger charge is 2.52. The molecule has 0 amide bonds. The SMILES string of the molecule is CC1(C)OB(F)OC1(C)C. The second kappa shape index (κ2) is 1.95. The van der Waals surface area contributed by atoms with Crippen LogP contribution >= 0.6 is 0 Å². The fourth-order valence-electron chi connectivity index (χ4n) is 0.771. The van der Waals surface area contributed by atoms with Gasteiger partial charge in [-0.2, -0.15) is 0 Å². The largest absolute Gasteiger partial charge is 0.681 e. The van der Waals surface area contributed by atoms with Crippen LogP contribution < -0.4 is 0 Å². The van der Waals surface area contributed by atoms with E-state index in [9.17, 15) is 4.32 Å². The first-order valence-corrected chi connectivity index (χ1v) is 3.35. The molecule has 0 aliphatic carbocycles. The number of halogens is 1. The standard InChI is InChI=1S/C6H12BFO2/c1-5(2)6(3,4)10-7(8)9-5/h1-4H3. The van der Waals surface area contributed by atoms with Crippen molar-refractivity contribution in [3.8, 4) is 0 Å². The number of rotatable bonds is 0. The maximum absolute atomic E-state index is 12.5. The van der Waals surface area contributed by atoms with Crippen LogP contribution in [0, 0.1) is 0 Å². The Morgan fingerprint density at radius 1 is 1.00 bits per heavy atom. The van der Waals surface area contributed by atoms with Crippen molar-refractivity contribution in [3.63, 3.8) is 0 Å². The summed E-state index contributed by atoms with van der Waals surface area (Å²) in [7, 11) is -1.56. The summed E-state index contributed by atoms with van der Waals surface area (Å²) in [6, 6.07) is 0. The highest BCUT2D eigenvalue weighted by molar-refractivity contribution is 6.36. The maximum atomic E-state index is 12.5. The van der Waals surface area contributed by atoms with Gasteiger partial charge in [0.05, 0.1) is 11.2 Å². The molecule has 0 unspecified atom stereocenters. The molecular weight excluding hydrogens is 134 g/mol. The summed E-state index contributed by atoms with van der Waals surface area (Å²) in [6.45, 7) is 7.25. The summed E-state index contributed by atoms with van der Waals surface area (Å²) in [5.74, 6) is 0. The zero-order valence-electron chi connectivity index (χ0n) is 6.77. The molecule has 1 heterocycles. The molecule has 10 heavy (non-hydrogen) atoms. The summed E-state index contributed by atoms with van der Waals surface area (Å²) in [4.78, 5) is 0. The summed E-state index contributed by atoms with van der Waals surface area (Å²) in [5, 5.41) is 0. The molecule has 58 valence electrons. The van der Waals surface area contributed by atoms with E-state index in [0.29, 0.717) is 0 Å². The predicted octanol–water partition coefficient (Wildman–Crippen LogP) is 1.54. The van der Waals surface area contributed by atoms with Crippen LogP contribution in [0.1, 0.15) is 27.7 Å². The van der Waals surface area contributed by atoms with Gasteiger partial charge in [-0.1, -0.05) is 0 Å². The van der Waals surface area contributed by atoms with E-state index in [0.717, 1.165) is 0 Å². The smallest absolute Gasteiger partial charge is 0.375 e. The first-order chi connectivity index (χ1) is 4.35. The quantitative estimate of drug-likeness (QED) is 0.482. The van der Waals surface area contributed by atoms with Gasteiger partial charge in [-0.15, -0.1) is 0 Å². The average Bonchev–Trinajstić information content (AvgIpc) is 1.73. The molecule has 1 saturated heterocycles. The predicted molar refractivity (Wildman–Crippen MR) is 37.2 cm³/mol. The minimum atomic E-state index is -1.56. The molecule has 0 aromatic heterocycles. The van der Waals surface area contributed by atoms with Crippen molar-refractivity contribution in [2.24, 2.45) is 0 Å². The average molecular weight is 146 g/mol. The molecule has 0 bridgehead atoms. The number of hydrogen-bond acceptors (Lipinski definition) is 2. The van der Waals surface area contributed by atoms with Crippen molar-refractivity contribution in [1.82, 2.24) is 0 Å². The van der Waals surface area contributed by atoms with Crippen molar-refractivity contribution in [2.75, 3.05) is 0 Å². The molecule has 1 aliphatic heterocycles. The van der Waals surface area contributed by atoms with Gasteiger partial charge in [0.2, 0.25) is 0 Å². The molecule has 2 nitrogen and oxygen atoms in total. The Balaban J connectivity index is 2.78. The van der Waals surface area contributed by atoms with E-state index in [1.165, 1.54) is 0 Å². The Kier molecular flexibility index (Phi) is 1.56. The van der Waals surface area contributed by atoms with Crippen LogP contribution in [0.2, 0.25) is 0 Å². The lowest BCUT2D eigenvalue weighted by Crippen LogP contribution is -2.41. The van der Waals surface area contributed by atoms with Gasteiger partial charge in [0.25, 0.3) is 0 Å². The lowest BCUT2D eigenvalue weighted by Gasteiger charge is -2.31. The third-order valence-corrected chi connectivity index (χ3v) is 2.22. The second-order valence-electron chi connectivity index (χ2n) is 3.53. The minimum Gasteiger partial charge on any atom is -0.375 e. The summed E-state index contributed by atoms with van der Waals surface area (Å²) in [5.41, 5.74) is -1.07. The Hall–Kier alpha value is -0.0851. The summed E-state index contributed by atoms with van der Waals surface area (Å²) in [6.07, 6.45) is 0. The third-order valence-electron chi connectivity index (χ3n) is 2.22. The van der Waals surface area contributed by atoms with Crippen LogP contribution in [-0.2, 0) is 9.31 Å². The van der Waals surface area contributed by atoms with Crippen LogP contribution in [-0.4, -0.2) is 18.6 Å². The molecule has 0 radical (unpaired) electrons. The van der Waals surface area contributed by atoms with Crippen molar-refractivity contribution in [3.05, 3.63) is 0 Å². The Labute approximate surface area is 60.9 Å². The van der Waals surface area contributed by atoms with E-state index in [1.807, 2.05) is 27.7 Å². The molecule has 1 fully saturated rings. The Morgan fingerprint density at radius 3 is 1.40 bits per heavy atom. The molecule has 4 heteroatoms. The molecular formula is C6H12BFO2. The first-order valence-electron chi connectivity index (χ1n) is 3.35. The highest BCUT2D eigenvalue weighted by Crippen LogP contribution is 2.36. The Morgan fingerprint density at radius 2 is 1.30 bits per heavy atom. The van der Waals surface area contributed by atoms with Crippen LogP contribution in [0.4, 0.5) is 4.32 Å². The van der Waals surface area contributed by atoms with Crippen molar-refractivity contribution >= 4 is 7.40 Å². The molecule has 0 spiro atoms. The van der Waals surface area contributed by atoms with E-state index in [-0.39, 0.29) is 0 Å². The lowest BCUT2D eigenvalue weighted by atomic mass is 9.90. The zero-order chi connectivity index (χ0) is 7.99. The summed E-state index contributed by atoms with van der Waals surface area (Å²) >= 11 is 0. The molecule has 0 aromatic rings. The van der Waals surface area contributed by atoms with Crippen LogP contribution in [0.3, 0.4) is 0 Å². The topological polar surface area (TPSA) is 18.5 Å². The first kappa shape index (κ1) is 8.02. The van der Waals surface area contributed by atoms with E-state index in [1.54, 1.807) is 0 Å². The van der Waals surface area contributed by atoms with Gasteiger partial charge in [0.1, 0.15) is 0 Å². The lowest BCUT2D eigenvalue weighted by molar-refractivity contribution is 0.00578. The van der Waals surface area contributed by atoms with E-state index < -0.39 is 18.6 Å². The van der Waals surface area contributed by atoms with Crippen LogP contribution in [0.5, 0.6) is 0 Å². The van der Waals surface area contributed by atoms with Gasteiger partial charge in [0, 0.05) is 0 Å². The van der Waals surface area contributed by atoms with Gasteiger partial charge in [-0.3, -0.25) is 4.32 Å². The molecule has 1 aliphatic rings. The van der Waals surface area contributed by atoms with E-state index in [2.05, 4.69) is 0 Å². The molecule has 0 aromatic carbocycles. The fraction of sp³-hybridized carbons (Fsp3) is 1.00. The van der Waals surface area contributed by atoms with Crippen molar-refractivity contribution in [1.29, 1.82) is 0 Å². The van der Waals surface area contributed by atoms with E-state index >= 15 is 0 Å². The zero-order valence-corrected chi connectivity index (χ0v) is 6.77. The highest BCUT2D eigenvalue weighted by atomic mass is 19.1. The van der Waals surface area contributed by atoms with Crippen LogP contribution in [0.15, 0.2) is 0 Å². The van der Waals surface area contributed by atoms with E-state index in [4.69, 9.17) is 9.31 Å². The molecule has 0 atom stereocenters. The van der Waals surface area contributed by atoms with Gasteiger partial charge < -0.3 is 9.31 Å². The molecule has 0 saturated carbocycles. The van der Waals surface area contributed by atoms with Gasteiger partial charge >= 0.3 is 7.40 Å². The normalized spacial score (nSPS) is 29.1. The van der Waals surface area contributed by atoms with Gasteiger partial charge in [0.15, 0.2) is 0 Å². The minimum absolute atomic E-state index is 0.535. The Bertz CT molecular complexity index is 131. The maximum Gasteiger partial charge on any atom is 0.681 e. The van der Waals surface area contributed by atoms with Crippen molar-refractivity contribution < 1.29 is 13.6 Å². The molecule has 0 N–H and O–H groups in total. The van der Waals surface area contributed by atoms with Crippen molar-refractivity contribution in [2.45, 2.75) is 38.9 Å². The monoisotopic (exact) mass is 146 g/mol.